The van der Waals surface area contributed by atoms with E-state index in [1.165, 1.54) is 17.4 Å². The van der Waals surface area contributed by atoms with E-state index in [0.717, 1.165) is 43.9 Å². The Kier molecular flexibility index (Phi) is 6.16. The van der Waals surface area contributed by atoms with Gasteiger partial charge in [-0.3, -0.25) is 4.79 Å². The van der Waals surface area contributed by atoms with Crippen LogP contribution in [0.2, 0.25) is 0 Å². The molecule has 1 saturated heterocycles. The molecule has 0 atom stereocenters. The third-order valence-corrected chi connectivity index (χ3v) is 4.32. The highest BCUT2D eigenvalue weighted by Crippen LogP contribution is 2.16. The van der Waals surface area contributed by atoms with Gasteiger partial charge in [0.25, 0.3) is 0 Å². The zero-order valence-electron chi connectivity index (χ0n) is 12.8. The van der Waals surface area contributed by atoms with Crippen molar-refractivity contribution >= 4 is 22.6 Å². The quantitative estimate of drug-likeness (QED) is 0.632. The average Bonchev–Trinajstić information content (AvgIpc) is 2.48. The van der Waals surface area contributed by atoms with E-state index in [1.807, 2.05) is 0 Å². The van der Waals surface area contributed by atoms with Crippen molar-refractivity contribution in [1.82, 2.24) is 4.90 Å². The lowest BCUT2D eigenvalue weighted by molar-refractivity contribution is -0.109. The molecule has 1 fully saturated rings. The van der Waals surface area contributed by atoms with Gasteiger partial charge in [0.15, 0.2) is 5.12 Å². The third kappa shape index (κ3) is 5.45. The minimum absolute atomic E-state index is 0.160. The predicted octanol–water partition coefficient (Wildman–Crippen LogP) is 2.46. The summed E-state index contributed by atoms with van der Waals surface area (Å²) in [5.41, 5.74) is 2.32. The molecule has 2 rings (SSSR count). The first-order valence-corrected chi connectivity index (χ1v) is 8.29. The molecule has 1 aliphatic heterocycles. The van der Waals surface area contributed by atoms with Crippen molar-refractivity contribution in [2.24, 2.45) is 0 Å². The summed E-state index contributed by atoms with van der Waals surface area (Å²) < 4.78 is 0. The first-order chi connectivity index (χ1) is 10.1. The van der Waals surface area contributed by atoms with Crippen molar-refractivity contribution in [1.29, 1.82) is 0 Å². The second-order valence-electron chi connectivity index (χ2n) is 5.23. The Balaban J connectivity index is 1.84. The van der Waals surface area contributed by atoms with Gasteiger partial charge in [-0.15, -0.1) is 0 Å². The maximum Gasteiger partial charge on any atom is 0.185 e. The van der Waals surface area contributed by atoms with Crippen LogP contribution in [0, 0.1) is 11.8 Å². The first-order valence-electron chi connectivity index (χ1n) is 7.31. The van der Waals surface area contributed by atoms with Crippen LogP contribution in [0.5, 0.6) is 0 Å². The molecule has 0 aromatic heterocycles. The minimum atomic E-state index is 0.160. The van der Waals surface area contributed by atoms with Crippen LogP contribution in [0.25, 0.3) is 0 Å². The average molecular weight is 302 g/mol. The number of carbonyl (C=O) groups is 1. The molecule has 0 unspecified atom stereocenters. The number of thioether (sulfide) groups is 1. The van der Waals surface area contributed by atoms with E-state index in [1.54, 1.807) is 6.92 Å². The fraction of sp³-hybridized carbons (Fsp3) is 0.471. The molecule has 0 aliphatic carbocycles. The van der Waals surface area contributed by atoms with Crippen LogP contribution in [0.1, 0.15) is 18.9 Å². The van der Waals surface area contributed by atoms with Gasteiger partial charge >= 0.3 is 0 Å². The Morgan fingerprint density at radius 1 is 1.19 bits per heavy atom. The molecule has 3 nitrogen and oxygen atoms in total. The second-order valence-corrected chi connectivity index (χ2v) is 6.50. The lowest BCUT2D eigenvalue weighted by Gasteiger charge is -2.34. The lowest BCUT2D eigenvalue weighted by atomic mass is 10.2. The van der Waals surface area contributed by atoms with Gasteiger partial charge < -0.3 is 9.80 Å². The van der Waals surface area contributed by atoms with Gasteiger partial charge in [-0.2, -0.15) is 0 Å². The van der Waals surface area contributed by atoms with E-state index >= 15 is 0 Å². The molecule has 112 valence electrons. The molecule has 0 saturated carbocycles. The SMILES string of the molecule is CC(=O)SCCC#Cc1ccc(N2CCN(C)CC2)cc1. The summed E-state index contributed by atoms with van der Waals surface area (Å²) in [4.78, 5) is 15.6. The highest BCUT2D eigenvalue weighted by Gasteiger charge is 2.13. The maximum atomic E-state index is 10.8. The Morgan fingerprint density at radius 2 is 1.86 bits per heavy atom. The highest BCUT2D eigenvalue weighted by molar-refractivity contribution is 8.13. The minimum Gasteiger partial charge on any atom is -0.369 e. The van der Waals surface area contributed by atoms with Crippen molar-refractivity contribution < 1.29 is 4.79 Å². The van der Waals surface area contributed by atoms with E-state index in [2.05, 4.69) is 53.0 Å². The number of rotatable bonds is 3. The zero-order chi connectivity index (χ0) is 15.1. The molecule has 0 amide bonds. The van der Waals surface area contributed by atoms with E-state index < -0.39 is 0 Å². The van der Waals surface area contributed by atoms with Crippen LogP contribution in [0.15, 0.2) is 24.3 Å². The molecule has 1 aromatic carbocycles. The zero-order valence-corrected chi connectivity index (χ0v) is 13.6. The van der Waals surface area contributed by atoms with Gasteiger partial charge in [0.1, 0.15) is 0 Å². The third-order valence-electron chi connectivity index (χ3n) is 3.50. The van der Waals surface area contributed by atoms with E-state index in [9.17, 15) is 4.79 Å². The topological polar surface area (TPSA) is 23.6 Å². The molecular formula is C17H22N2OS. The van der Waals surface area contributed by atoms with Crippen molar-refractivity contribution in [2.75, 3.05) is 43.9 Å². The van der Waals surface area contributed by atoms with Gasteiger partial charge in [-0.1, -0.05) is 23.6 Å². The molecule has 1 aromatic rings. The number of likely N-dealkylation sites (N-methyl/N-ethyl adjacent to an activating group) is 1. The molecule has 0 N–H and O–H groups in total. The first kappa shape index (κ1) is 15.9. The normalized spacial score (nSPS) is 15.4. The van der Waals surface area contributed by atoms with Crippen LogP contribution in [-0.2, 0) is 4.79 Å². The van der Waals surface area contributed by atoms with Gasteiger partial charge in [0.2, 0.25) is 0 Å². The number of hydrogen-bond acceptors (Lipinski definition) is 4. The molecule has 0 bridgehead atoms. The molecule has 1 heterocycles. The number of carbonyl (C=O) groups excluding carboxylic acids is 1. The standard InChI is InChI=1S/C17H22N2OS/c1-15(20)21-14-4-3-5-16-6-8-17(9-7-16)19-12-10-18(2)11-13-19/h6-9H,4,10-14H2,1-2H3. The summed E-state index contributed by atoms with van der Waals surface area (Å²) in [6, 6.07) is 8.47. The number of anilines is 1. The summed E-state index contributed by atoms with van der Waals surface area (Å²) >= 11 is 1.34. The molecule has 0 spiro atoms. The smallest absolute Gasteiger partial charge is 0.185 e. The monoisotopic (exact) mass is 302 g/mol. The lowest BCUT2D eigenvalue weighted by Crippen LogP contribution is -2.44. The van der Waals surface area contributed by atoms with E-state index in [-0.39, 0.29) is 5.12 Å². The van der Waals surface area contributed by atoms with Crippen LogP contribution in [0.3, 0.4) is 0 Å². The second kappa shape index (κ2) is 8.11. The van der Waals surface area contributed by atoms with Crippen LogP contribution < -0.4 is 4.90 Å². The van der Waals surface area contributed by atoms with Gasteiger partial charge in [0.05, 0.1) is 0 Å². The molecule has 21 heavy (non-hydrogen) atoms. The Hall–Kier alpha value is -1.44. The number of hydrogen-bond donors (Lipinski definition) is 0. The molecule has 1 aliphatic rings. The van der Waals surface area contributed by atoms with Crippen molar-refractivity contribution in [2.45, 2.75) is 13.3 Å². The summed E-state index contributed by atoms with van der Waals surface area (Å²) in [5, 5.41) is 0.160. The summed E-state index contributed by atoms with van der Waals surface area (Å²) in [5.74, 6) is 7.05. The van der Waals surface area contributed by atoms with Crippen molar-refractivity contribution in [3.8, 4) is 11.8 Å². The summed E-state index contributed by atoms with van der Waals surface area (Å²) in [6.07, 6.45) is 0.754. The summed E-state index contributed by atoms with van der Waals surface area (Å²) in [6.45, 7) is 6.01. The molecule has 4 heteroatoms. The fourth-order valence-electron chi connectivity index (χ4n) is 2.23. The molecule has 0 radical (unpaired) electrons. The summed E-state index contributed by atoms with van der Waals surface area (Å²) in [7, 11) is 2.17. The Labute approximate surface area is 131 Å². The van der Waals surface area contributed by atoms with E-state index in [0.29, 0.717) is 0 Å². The largest absolute Gasteiger partial charge is 0.369 e. The Morgan fingerprint density at radius 3 is 2.48 bits per heavy atom. The van der Waals surface area contributed by atoms with Crippen molar-refractivity contribution in [3.63, 3.8) is 0 Å². The molecular weight excluding hydrogens is 280 g/mol. The van der Waals surface area contributed by atoms with Crippen LogP contribution in [0.4, 0.5) is 5.69 Å². The van der Waals surface area contributed by atoms with E-state index in [4.69, 9.17) is 0 Å². The maximum absolute atomic E-state index is 10.8. The Bertz CT molecular complexity index is 522. The van der Waals surface area contributed by atoms with Crippen molar-refractivity contribution in [3.05, 3.63) is 29.8 Å². The number of piperazine rings is 1. The fourth-order valence-corrected chi connectivity index (χ4v) is 2.72. The van der Waals surface area contributed by atoms with Gasteiger partial charge in [-0.25, -0.2) is 0 Å². The predicted molar refractivity (Wildman–Crippen MR) is 90.8 cm³/mol. The highest BCUT2D eigenvalue weighted by atomic mass is 32.2. The van der Waals surface area contributed by atoms with Gasteiger partial charge in [0, 0.05) is 56.5 Å². The van der Waals surface area contributed by atoms with Gasteiger partial charge in [-0.05, 0) is 31.3 Å². The number of benzene rings is 1. The van der Waals surface area contributed by atoms with Crippen LogP contribution >= 0.6 is 11.8 Å². The number of nitrogens with zero attached hydrogens (tertiary/aromatic N) is 2. The van der Waals surface area contributed by atoms with Crippen LogP contribution in [-0.4, -0.2) is 49.0 Å².